The highest BCUT2D eigenvalue weighted by Gasteiger charge is 2.30. The van der Waals surface area contributed by atoms with Gasteiger partial charge in [0.25, 0.3) is 0 Å². The Balaban J connectivity index is 3.30. The maximum atomic E-state index is 12.9. The van der Waals surface area contributed by atoms with Gasteiger partial charge < -0.3 is 17.7 Å². The molecule has 1 aromatic rings. The molecule has 106 valence electrons. The lowest BCUT2D eigenvalue weighted by atomic mass is 9.76. The van der Waals surface area contributed by atoms with Gasteiger partial charge in [-0.25, -0.2) is 4.79 Å². The topological polar surface area (TPSA) is 26.3 Å². The highest BCUT2D eigenvalue weighted by molar-refractivity contribution is 14.1. The number of ether oxygens (including phenoxy) is 1. The van der Waals surface area contributed by atoms with Crippen molar-refractivity contribution in [3.05, 3.63) is 26.8 Å². The van der Waals surface area contributed by atoms with Crippen LogP contribution in [-0.2, 0) is 4.74 Å². The van der Waals surface area contributed by atoms with Crippen molar-refractivity contribution >= 4 is 41.0 Å². The fourth-order valence-electron chi connectivity index (χ4n) is 1.59. The number of rotatable bonds is 2. The Hall–Kier alpha value is -0.725. The van der Waals surface area contributed by atoms with Gasteiger partial charge in [0.05, 0.1) is 5.56 Å². The van der Waals surface area contributed by atoms with Gasteiger partial charge in [0.15, 0.2) is 0 Å². The monoisotopic (exact) mass is 385 g/mol. The molecule has 0 fully saturated rings. The number of esters is 1. The second kappa shape index (κ2) is 5.34. The number of hydrogen-bond donors (Lipinski definition) is 0. The number of carbonyl (C=O) groups is 1. The van der Waals surface area contributed by atoms with Gasteiger partial charge in [0.2, 0.25) is 0 Å². The van der Waals surface area contributed by atoms with E-state index in [0.29, 0.717) is 3.57 Å². The fraction of sp³-hybridized carbons (Fsp3) is 0.417. The highest BCUT2D eigenvalue weighted by atomic mass is 127. The summed E-state index contributed by atoms with van der Waals surface area (Å²) in [7, 11) is 0. The predicted molar refractivity (Wildman–Crippen MR) is 77.8 cm³/mol. The molecule has 0 aliphatic rings. The summed E-state index contributed by atoms with van der Waals surface area (Å²) in [5.74, 6) is -0.732. The third kappa shape index (κ3) is 4.40. The van der Waals surface area contributed by atoms with Gasteiger partial charge in [-0.1, -0.05) is 11.6 Å². The molecule has 7 heteroatoms. The molecular weight excluding hydrogens is 371 g/mol. The van der Waals surface area contributed by atoms with Crippen molar-refractivity contribution in [1.82, 2.24) is 0 Å². The molecule has 0 heterocycles. The largest absolute Gasteiger partial charge is 0.509 e. The van der Waals surface area contributed by atoms with Gasteiger partial charge in [-0.2, -0.15) is 0 Å². The van der Waals surface area contributed by atoms with E-state index < -0.39 is 24.0 Å². The molecule has 0 spiro atoms. The van der Waals surface area contributed by atoms with Crippen LogP contribution in [0.15, 0.2) is 12.1 Å². The SMILES string of the molecule is Cc1c(C(=O)OC(C)(C)C)cc(I)cc1[B-](F)(F)F. The van der Waals surface area contributed by atoms with E-state index in [1.807, 2.05) is 0 Å². The lowest BCUT2D eigenvalue weighted by Gasteiger charge is -2.23. The average molecular weight is 385 g/mol. The average Bonchev–Trinajstić information content (AvgIpc) is 2.16. The highest BCUT2D eigenvalue weighted by Crippen LogP contribution is 2.21. The third-order valence-electron chi connectivity index (χ3n) is 2.38. The van der Waals surface area contributed by atoms with Crippen LogP contribution in [0.3, 0.4) is 0 Å². The summed E-state index contributed by atoms with van der Waals surface area (Å²) in [4.78, 5) is 11.9. The molecule has 0 saturated heterocycles. The Labute approximate surface area is 123 Å². The Morgan fingerprint density at radius 2 is 1.79 bits per heavy atom. The first-order chi connectivity index (χ1) is 8.42. The minimum Gasteiger partial charge on any atom is -0.456 e. The zero-order chi connectivity index (χ0) is 15.0. The van der Waals surface area contributed by atoms with Crippen molar-refractivity contribution in [2.45, 2.75) is 33.3 Å². The van der Waals surface area contributed by atoms with E-state index in [1.54, 1.807) is 43.4 Å². The number of benzene rings is 1. The molecule has 0 radical (unpaired) electrons. The maximum Gasteiger partial charge on any atom is 0.509 e. The molecule has 0 N–H and O–H groups in total. The van der Waals surface area contributed by atoms with Crippen molar-refractivity contribution in [2.75, 3.05) is 0 Å². The predicted octanol–water partition coefficient (Wildman–Crippen LogP) is 3.61. The van der Waals surface area contributed by atoms with Gasteiger partial charge in [0, 0.05) is 3.57 Å². The number of hydrogen-bond acceptors (Lipinski definition) is 2. The van der Waals surface area contributed by atoms with Crippen LogP contribution in [0.4, 0.5) is 12.9 Å². The lowest BCUT2D eigenvalue weighted by Crippen LogP contribution is -2.38. The zero-order valence-electron chi connectivity index (χ0n) is 11.1. The van der Waals surface area contributed by atoms with Crippen molar-refractivity contribution in [3.8, 4) is 0 Å². The third-order valence-corrected chi connectivity index (χ3v) is 3.01. The summed E-state index contributed by atoms with van der Waals surface area (Å²) in [5.41, 5.74) is -1.60. The molecular formula is C12H14BF3IO2-. The maximum absolute atomic E-state index is 12.9. The first-order valence-corrected chi connectivity index (χ1v) is 6.73. The van der Waals surface area contributed by atoms with E-state index in [0.717, 1.165) is 6.07 Å². The molecule has 0 atom stereocenters. The van der Waals surface area contributed by atoms with Crippen molar-refractivity contribution in [2.24, 2.45) is 0 Å². The van der Waals surface area contributed by atoms with Gasteiger partial charge >= 0.3 is 12.9 Å². The quantitative estimate of drug-likeness (QED) is 0.442. The molecule has 0 amide bonds. The van der Waals surface area contributed by atoms with Crippen LogP contribution in [0.5, 0.6) is 0 Å². The first kappa shape index (κ1) is 16.3. The lowest BCUT2D eigenvalue weighted by molar-refractivity contribution is 0.00688. The van der Waals surface area contributed by atoms with Gasteiger partial charge in [-0.15, -0.1) is 5.46 Å². The van der Waals surface area contributed by atoms with Crippen LogP contribution in [0.1, 0.15) is 36.7 Å². The summed E-state index contributed by atoms with van der Waals surface area (Å²) < 4.78 is 44.2. The van der Waals surface area contributed by atoms with E-state index in [-0.39, 0.29) is 11.1 Å². The summed E-state index contributed by atoms with van der Waals surface area (Å²) in [6.45, 7) is 1.15. The van der Waals surface area contributed by atoms with Crippen molar-refractivity contribution < 1.29 is 22.5 Å². The van der Waals surface area contributed by atoms with E-state index in [2.05, 4.69) is 0 Å². The van der Waals surface area contributed by atoms with Crippen LogP contribution in [-0.4, -0.2) is 18.5 Å². The van der Waals surface area contributed by atoms with Crippen LogP contribution in [0.2, 0.25) is 0 Å². The smallest absolute Gasteiger partial charge is 0.456 e. The van der Waals surface area contributed by atoms with E-state index in [1.165, 1.54) is 13.0 Å². The Morgan fingerprint density at radius 3 is 2.21 bits per heavy atom. The van der Waals surface area contributed by atoms with Crippen LogP contribution >= 0.6 is 22.6 Å². The number of carbonyl (C=O) groups excluding carboxylic acids is 1. The summed E-state index contributed by atoms with van der Waals surface area (Å²) in [5, 5.41) is 0. The summed E-state index contributed by atoms with van der Waals surface area (Å²) in [6.07, 6.45) is 0. The Morgan fingerprint density at radius 1 is 1.26 bits per heavy atom. The van der Waals surface area contributed by atoms with E-state index in [9.17, 15) is 17.7 Å². The Kier molecular flexibility index (Phi) is 4.59. The molecule has 1 rings (SSSR count). The van der Waals surface area contributed by atoms with Gasteiger partial charge in [0.1, 0.15) is 5.60 Å². The standard InChI is InChI=1S/C12H14BF3IO2/c1-7-9(11(18)19-12(2,3)4)5-8(17)6-10(7)13(14,15)16/h5-6H,1-4H3/q-1. The molecule has 2 nitrogen and oxygen atoms in total. The molecule has 0 bridgehead atoms. The second-order valence-electron chi connectivity index (χ2n) is 5.24. The molecule has 0 unspecified atom stereocenters. The molecule has 1 aromatic carbocycles. The van der Waals surface area contributed by atoms with Crippen LogP contribution < -0.4 is 5.46 Å². The van der Waals surface area contributed by atoms with E-state index in [4.69, 9.17) is 4.74 Å². The van der Waals surface area contributed by atoms with Gasteiger partial charge in [-0.3, -0.25) is 0 Å². The summed E-state index contributed by atoms with van der Waals surface area (Å²) in [6, 6.07) is 2.46. The molecule has 0 aliphatic heterocycles. The van der Waals surface area contributed by atoms with Crippen LogP contribution in [0, 0.1) is 10.5 Å². The van der Waals surface area contributed by atoms with Crippen molar-refractivity contribution in [3.63, 3.8) is 0 Å². The summed E-state index contributed by atoms with van der Waals surface area (Å²) >= 11 is 1.76. The zero-order valence-corrected chi connectivity index (χ0v) is 13.2. The first-order valence-electron chi connectivity index (χ1n) is 5.65. The van der Waals surface area contributed by atoms with Crippen LogP contribution in [0.25, 0.3) is 0 Å². The molecule has 0 aliphatic carbocycles. The molecule has 0 aromatic heterocycles. The normalized spacial score (nSPS) is 12.4. The van der Waals surface area contributed by atoms with E-state index >= 15 is 0 Å². The van der Waals surface area contributed by atoms with Crippen molar-refractivity contribution in [1.29, 1.82) is 0 Å². The van der Waals surface area contributed by atoms with Gasteiger partial charge in [-0.05, 0) is 56.4 Å². The minimum absolute atomic E-state index is 0.0315. The second-order valence-corrected chi connectivity index (χ2v) is 6.49. The molecule has 19 heavy (non-hydrogen) atoms. The number of halogens is 4. The minimum atomic E-state index is -5.15. The fourth-order valence-corrected chi connectivity index (χ4v) is 2.23. The Bertz CT molecular complexity index is 507. The molecule has 0 saturated carbocycles.